The van der Waals surface area contributed by atoms with Gasteiger partial charge in [-0.2, -0.15) is 0 Å². The highest BCUT2D eigenvalue weighted by atomic mass is 16.1. The number of amides is 1. The Morgan fingerprint density at radius 1 is 0.962 bits per heavy atom. The molecule has 4 rings (SSSR count). The van der Waals surface area contributed by atoms with Crippen LogP contribution < -0.4 is 5.32 Å². The third kappa shape index (κ3) is 3.22. The van der Waals surface area contributed by atoms with Crippen LogP contribution in [0.3, 0.4) is 0 Å². The molecule has 3 aromatic carbocycles. The van der Waals surface area contributed by atoms with Gasteiger partial charge in [0.1, 0.15) is 11.9 Å². The molecule has 4 nitrogen and oxygen atoms in total. The number of imidazole rings is 1. The number of H-pyrrole nitrogens is 1. The summed E-state index contributed by atoms with van der Waals surface area (Å²) in [5.41, 5.74) is 4.51. The first-order valence-electron chi connectivity index (χ1n) is 8.58. The highest BCUT2D eigenvalue weighted by Gasteiger charge is 2.21. The number of para-hydroxylation sites is 2. The fourth-order valence-electron chi connectivity index (χ4n) is 3.07. The molecule has 0 fully saturated rings. The molecule has 0 saturated heterocycles. The first kappa shape index (κ1) is 16.1. The van der Waals surface area contributed by atoms with Crippen molar-refractivity contribution in [2.75, 3.05) is 0 Å². The van der Waals surface area contributed by atoms with Crippen LogP contribution >= 0.6 is 0 Å². The standard InChI is InChI=1S/C22H19N3O/c1-15-8-7-11-17(14-15)22(26)25-20(16-9-3-2-4-10-16)21-23-18-12-5-6-13-19(18)24-21/h2-14,20H,1H3,(H,23,24)(H,25,26). The van der Waals surface area contributed by atoms with Crippen LogP contribution in [0.4, 0.5) is 0 Å². The van der Waals surface area contributed by atoms with Crippen LogP contribution in [0.5, 0.6) is 0 Å². The van der Waals surface area contributed by atoms with Crippen molar-refractivity contribution in [1.82, 2.24) is 15.3 Å². The van der Waals surface area contributed by atoms with Crippen LogP contribution in [0.25, 0.3) is 11.0 Å². The van der Waals surface area contributed by atoms with Gasteiger partial charge >= 0.3 is 0 Å². The quantitative estimate of drug-likeness (QED) is 0.578. The molecular formula is C22H19N3O. The van der Waals surface area contributed by atoms with Crippen LogP contribution in [-0.2, 0) is 0 Å². The molecule has 0 bridgehead atoms. The van der Waals surface area contributed by atoms with E-state index in [0.717, 1.165) is 28.0 Å². The van der Waals surface area contributed by atoms with E-state index in [-0.39, 0.29) is 11.9 Å². The molecule has 2 N–H and O–H groups in total. The van der Waals surface area contributed by atoms with E-state index >= 15 is 0 Å². The summed E-state index contributed by atoms with van der Waals surface area (Å²) >= 11 is 0. The van der Waals surface area contributed by atoms with Crippen LogP contribution in [0.15, 0.2) is 78.9 Å². The normalized spacial score (nSPS) is 12.0. The number of nitrogens with one attached hydrogen (secondary N) is 2. The van der Waals surface area contributed by atoms with Gasteiger partial charge in [-0.15, -0.1) is 0 Å². The maximum absolute atomic E-state index is 12.8. The number of aryl methyl sites for hydroxylation is 1. The van der Waals surface area contributed by atoms with E-state index in [9.17, 15) is 4.79 Å². The SMILES string of the molecule is Cc1cccc(C(=O)NC(c2ccccc2)c2nc3ccccc3[nH]2)c1. The van der Waals surface area contributed by atoms with Gasteiger partial charge in [0.05, 0.1) is 11.0 Å². The highest BCUT2D eigenvalue weighted by Crippen LogP contribution is 2.23. The smallest absolute Gasteiger partial charge is 0.252 e. The van der Waals surface area contributed by atoms with Gasteiger partial charge in [0.15, 0.2) is 0 Å². The number of fused-ring (bicyclic) bond motifs is 1. The van der Waals surface area contributed by atoms with Crippen molar-refractivity contribution >= 4 is 16.9 Å². The molecule has 0 radical (unpaired) electrons. The molecule has 1 atom stereocenters. The van der Waals surface area contributed by atoms with Gasteiger partial charge in [0.2, 0.25) is 0 Å². The lowest BCUT2D eigenvalue weighted by Gasteiger charge is -2.17. The number of rotatable bonds is 4. The lowest BCUT2D eigenvalue weighted by atomic mass is 10.1. The molecule has 0 aliphatic rings. The summed E-state index contributed by atoms with van der Waals surface area (Å²) < 4.78 is 0. The molecular weight excluding hydrogens is 322 g/mol. The number of aromatic nitrogens is 2. The topological polar surface area (TPSA) is 57.8 Å². The van der Waals surface area contributed by atoms with Gasteiger partial charge < -0.3 is 10.3 Å². The van der Waals surface area contributed by atoms with E-state index in [4.69, 9.17) is 0 Å². The predicted molar refractivity (Wildman–Crippen MR) is 103 cm³/mol. The summed E-state index contributed by atoms with van der Waals surface area (Å²) in [5, 5.41) is 3.12. The predicted octanol–water partition coefficient (Wildman–Crippen LogP) is 4.39. The molecule has 0 spiro atoms. The minimum Gasteiger partial charge on any atom is -0.340 e. The van der Waals surface area contributed by atoms with Gasteiger partial charge in [-0.3, -0.25) is 4.79 Å². The lowest BCUT2D eigenvalue weighted by molar-refractivity contribution is 0.0941. The molecule has 0 aliphatic carbocycles. The zero-order valence-corrected chi connectivity index (χ0v) is 14.4. The Morgan fingerprint density at radius 3 is 2.50 bits per heavy atom. The van der Waals surface area contributed by atoms with E-state index in [1.165, 1.54) is 0 Å². The summed E-state index contributed by atoms with van der Waals surface area (Å²) in [6.45, 7) is 1.98. The first-order chi connectivity index (χ1) is 12.7. The second kappa shape index (κ2) is 6.84. The molecule has 0 saturated carbocycles. The van der Waals surface area contributed by atoms with Crippen LogP contribution in [0, 0.1) is 6.92 Å². The molecule has 4 heteroatoms. The van der Waals surface area contributed by atoms with Gasteiger partial charge in [-0.25, -0.2) is 4.98 Å². The summed E-state index contributed by atoms with van der Waals surface area (Å²) in [4.78, 5) is 20.8. The Hall–Kier alpha value is -3.40. The van der Waals surface area contributed by atoms with Crippen molar-refractivity contribution in [3.8, 4) is 0 Å². The second-order valence-electron chi connectivity index (χ2n) is 6.33. The van der Waals surface area contributed by atoms with Crippen molar-refractivity contribution in [3.05, 3.63) is 101 Å². The van der Waals surface area contributed by atoms with Gasteiger partial charge in [-0.1, -0.05) is 60.2 Å². The molecule has 128 valence electrons. The van der Waals surface area contributed by atoms with Gasteiger partial charge in [0, 0.05) is 5.56 Å². The fourth-order valence-corrected chi connectivity index (χ4v) is 3.07. The molecule has 4 aromatic rings. The Bertz CT molecular complexity index is 1020. The first-order valence-corrected chi connectivity index (χ1v) is 8.58. The maximum Gasteiger partial charge on any atom is 0.252 e. The monoisotopic (exact) mass is 341 g/mol. The summed E-state index contributed by atoms with van der Waals surface area (Å²) in [5.74, 6) is 0.599. The van der Waals surface area contributed by atoms with Crippen LogP contribution in [0.1, 0.15) is 33.4 Å². The van der Waals surface area contributed by atoms with E-state index in [0.29, 0.717) is 5.56 Å². The molecule has 26 heavy (non-hydrogen) atoms. The van der Waals surface area contributed by atoms with Crippen molar-refractivity contribution in [2.45, 2.75) is 13.0 Å². The third-order valence-corrected chi connectivity index (χ3v) is 4.37. The van der Waals surface area contributed by atoms with Gasteiger partial charge in [-0.05, 0) is 36.8 Å². The fraction of sp³-hybridized carbons (Fsp3) is 0.0909. The third-order valence-electron chi connectivity index (χ3n) is 4.37. The molecule has 0 aliphatic heterocycles. The minimum atomic E-state index is -0.350. The molecule has 1 unspecified atom stereocenters. The molecule has 1 amide bonds. The number of benzene rings is 3. The van der Waals surface area contributed by atoms with Crippen molar-refractivity contribution < 1.29 is 4.79 Å². The zero-order chi connectivity index (χ0) is 17.9. The Morgan fingerprint density at radius 2 is 1.73 bits per heavy atom. The summed E-state index contributed by atoms with van der Waals surface area (Å²) in [6, 6.07) is 25.0. The number of hydrogen-bond donors (Lipinski definition) is 2. The summed E-state index contributed by atoms with van der Waals surface area (Å²) in [6.07, 6.45) is 0. The average Bonchev–Trinajstić information content (AvgIpc) is 3.10. The number of hydrogen-bond acceptors (Lipinski definition) is 2. The highest BCUT2D eigenvalue weighted by molar-refractivity contribution is 5.94. The minimum absolute atomic E-state index is 0.122. The summed E-state index contributed by atoms with van der Waals surface area (Å²) in [7, 11) is 0. The number of carbonyl (C=O) groups excluding carboxylic acids is 1. The van der Waals surface area contributed by atoms with Gasteiger partial charge in [0.25, 0.3) is 5.91 Å². The van der Waals surface area contributed by atoms with E-state index in [2.05, 4.69) is 15.3 Å². The lowest BCUT2D eigenvalue weighted by Crippen LogP contribution is -2.30. The number of nitrogens with zero attached hydrogens (tertiary/aromatic N) is 1. The Labute approximate surface area is 151 Å². The number of carbonyl (C=O) groups is 1. The maximum atomic E-state index is 12.8. The van der Waals surface area contributed by atoms with Crippen LogP contribution in [0.2, 0.25) is 0 Å². The van der Waals surface area contributed by atoms with Crippen molar-refractivity contribution in [1.29, 1.82) is 0 Å². The van der Waals surface area contributed by atoms with E-state index < -0.39 is 0 Å². The Balaban J connectivity index is 1.72. The molecule has 1 heterocycles. The largest absolute Gasteiger partial charge is 0.340 e. The molecule has 1 aromatic heterocycles. The second-order valence-corrected chi connectivity index (χ2v) is 6.33. The number of aromatic amines is 1. The van der Waals surface area contributed by atoms with Crippen LogP contribution in [-0.4, -0.2) is 15.9 Å². The van der Waals surface area contributed by atoms with Crippen molar-refractivity contribution in [2.24, 2.45) is 0 Å². The Kier molecular flexibility index (Phi) is 4.23. The zero-order valence-electron chi connectivity index (χ0n) is 14.4. The van der Waals surface area contributed by atoms with Crippen molar-refractivity contribution in [3.63, 3.8) is 0 Å². The van der Waals surface area contributed by atoms with E-state index in [1.54, 1.807) is 0 Å². The average molecular weight is 341 g/mol. The van der Waals surface area contributed by atoms with E-state index in [1.807, 2.05) is 85.8 Å².